The number of methoxy groups -OCH3 is 2. The molecule has 3 aromatic carbocycles. The maximum Gasteiger partial charge on any atom is 0.418 e. The number of carbonyl (C=O) groups is 1. The van der Waals surface area contributed by atoms with Gasteiger partial charge in [-0.2, -0.15) is 13.2 Å². The van der Waals surface area contributed by atoms with E-state index >= 15 is 0 Å². The van der Waals surface area contributed by atoms with Gasteiger partial charge in [0.2, 0.25) is 5.91 Å². The Kier molecular flexibility index (Phi) is 8.68. The van der Waals surface area contributed by atoms with Crippen molar-refractivity contribution in [3.63, 3.8) is 0 Å². The van der Waals surface area contributed by atoms with Gasteiger partial charge >= 0.3 is 6.18 Å². The Hall–Kier alpha value is -4.05. The highest BCUT2D eigenvalue weighted by Gasteiger charge is 2.38. The molecule has 0 fully saturated rings. The molecule has 212 valence electrons. The second-order valence-electron chi connectivity index (χ2n) is 9.82. The van der Waals surface area contributed by atoms with Gasteiger partial charge in [-0.25, -0.2) is 4.98 Å². The summed E-state index contributed by atoms with van der Waals surface area (Å²) in [5, 5.41) is 3.05. The molecule has 1 heterocycles. The number of aromatic nitrogens is 2. The minimum absolute atomic E-state index is 0.0381. The number of hydrogen-bond donors (Lipinski definition) is 2. The first kappa shape index (κ1) is 28.9. The second-order valence-corrected chi connectivity index (χ2v) is 9.82. The molecule has 4 aromatic rings. The molecule has 0 unspecified atom stereocenters. The number of primary amides is 1. The van der Waals surface area contributed by atoms with Gasteiger partial charge < -0.3 is 25.1 Å². The van der Waals surface area contributed by atoms with Crippen molar-refractivity contribution in [3.05, 3.63) is 76.9 Å². The molecule has 0 aliphatic rings. The summed E-state index contributed by atoms with van der Waals surface area (Å²) < 4.78 is 56.8. The summed E-state index contributed by atoms with van der Waals surface area (Å²) in [6, 6.07) is 15.9. The molecular formula is C30H33F3N4O3. The summed E-state index contributed by atoms with van der Waals surface area (Å²) >= 11 is 0. The Bertz CT molecular complexity index is 1500. The lowest BCUT2D eigenvalue weighted by Crippen LogP contribution is -2.16. The van der Waals surface area contributed by atoms with Crippen LogP contribution in [0.25, 0.3) is 22.4 Å². The molecule has 0 saturated carbocycles. The van der Waals surface area contributed by atoms with E-state index in [9.17, 15) is 18.0 Å². The van der Waals surface area contributed by atoms with Gasteiger partial charge in [-0.15, -0.1) is 0 Å². The number of fused-ring (bicyclic) bond motifs is 1. The zero-order valence-electron chi connectivity index (χ0n) is 22.9. The topological polar surface area (TPSA) is 91.4 Å². The van der Waals surface area contributed by atoms with E-state index in [0.29, 0.717) is 28.6 Å². The Labute approximate surface area is 231 Å². The largest absolute Gasteiger partial charge is 0.494 e. The van der Waals surface area contributed by atoms with E-state index in [1.165, 1.54) is 20.3 Å². The molecule has 4 rings (SSSR count). The fourth-order valence-electron chi connectivity index (χ4n) is 4.80. The molecule has 0 aliphatic heterocycles. The van der Waals surface area contributed by atoms with Crippen molar-refractivity contribution in [1.82, 2.24) is 9.55 Å². The van der Waals surface area contributed by atoms with Gasteiger partial charge in [0, 0.05) is 31.5 Å². The number of nitrogens with one attached hydrogen (secondary N) is 1. The van der Waals surface area contributed by atoms with Crippen LogP contribution in [-0.2, 0) is 35.2 Å². The molecule has 0 radical (unpaired) electrons. The number of amides is 1. The van der Waals surface area contributed by atoms with Crippen LogP contribution in [-0.4, -0.2) is 36.3 Å². The van der Waals surface area contributed by atoms with E-state index < -0.39 is 17.6 Å². The number of alkyl halides is 3. The highest BCUT2D eigenvalue weighted by molar-refractivity contribution is 5.90. The van der Waals surface area contributed by atoms with E-state index in [0.717, 1.165) is 5.56 Å². The predicted molar refractivity (Wildman–Crippen MR) is 149 cm³/mol. The molecule has 0 spiro atoms. The van der Waals surface area contributed by atoms with E-state index in [1.54, 1.807) is 28.8 Å². The van der Waals surface area contributed by atoms with Gasteiger partial charge in [0.25, 0.3) is 0 Å². The Morgan fingerprint density at radius 1 is 1.07 bits per heavy atom. The van der Waals surface area contributed by atoms with Crippen LogP contribution >= 0.6 is 0 Å². The van der Waals surface area contributed by atoms with Gasteiger partial charge in [-0.1, -0.05) is 56.3 Å². The number of ether oxygens (including phenoxy) is 2. The van der Waals surface area contributed by atoms with Crippen LogP contribution < -0.4 is 15.8 Å². The van der Waals surface area contributed by atoms with Crippen molar-refractivity contribution in [2.24, 2.45) is 5.73 Å². The smallest absolute Gasteiger partial charge is 0.418 e. The monoisotopic (exact) mass is 554 g/mol. The normalized spacial score (nSPS) is 11.8. The Morgan fingerprint density at radius 2 is 1.77 bits per heavy atom. The number of nitrogens with zero attached hydrogens (tertiary/aromatic N) is 2. The maximum absolute atomic E-state index is 14.7. The summed E-state index contributed by atoms with van der Waals surface area (Å²) in [6.45, 7) is 4.52. The average molecular weight is 555 g/mol. The van der Waals surface area contributed by atoms with Crippen LogP contribution in [0.5, 0.6) is 5.75 Å². The van der Waals surface area contributed by atoms with Gasteiger partial charge in [-0.05, 0) is 34.7 Å². The van der Waals surface area contributed by atoms with E-state index in [2.05, 4.69) is 24.1 Å². The molecule has 0 bridgehead atoms. The first-order valence-corrected chi connectivity index (χ1v) is 12.9. The fraction of sp³-hybridized carbons (Fsp3) is 0.333. The molecule has 1 amide bonds. The number of nitrogens with two attached hydrogens (primary N) is 1. The molecule has 7 nitrogen and oxygen atoms in total. The number of hydrogen-bond acceptors (Lipinski definition) is 5. The summed E-state index contributed by atoms with van der Waals surface area (Å²) in [6.07, 6.45) is -4.74. The molecule has 0 atom stereocenters. The third kappa shape index (κ3) is 6.07. The van der Waals surface area contributed by atoms with Gasteiger partial charge in [0.15, 0.2) is 0 Å². The van der Waals surface area contributed by atoms with Crippen LogP contribution in [0, 0.1) is 0 Å². The zero-order valence-corrected chi connectivity index (χ0v) is 22.9. The van der Waals surface area contributed by atoms with Crippen molar-refractivity contribution in [3.8, 4) is 17.1 Å². The first-order chi connectivity index (χ1) is 19.0. The predicted octanol–water partition coefficient (Wildman–Crippen LogP) is 6.14. The van der Waals surface area contributed by atoms with Crippen molar-refractivity contribution in [1.29, 1.82) is 0 Å². The van der Waals surface area contributed by atoms with Crippen LogP contribution in [0.1, 0.15) is 42.0 Å². The number of carbonyl (C=O) groups excluding carboxylic acids is 1. The Morgan fingerprint density at radius 3 is 2.38 bits per heavy atom. The summed E-state index contributed by atoms with van der Waals surface area (Å²) in [5.41, 5.74) is 7.42. The number of anilines is 1. The molecular weight excluding hydrogens is 521 g/mol. The SMILES string of the molecule is COCCn1c(-c2ccc(C(C)C)cc2)nc2c(C(F)(F)F)c(CNc3ccccc3CC(N)=O)cc(OC)c21. The van der Waals surface area contributed by atoms with Crippen LogP contribution in [0.3, 0.4) is 0 Å². The standard InChI is InChI=1S/C30H33F3N4O3/c1-18(2)19-9-11-20(12-10-19)29-36-27-26(30(31,32)33)22(15-24(40-4)28(27)37(29)13-14-39-3)17-35-23-8-6-5-7-21(23)16-25(34)38/h5-12,15,18,35H,13-14,16-17H2,1-4H3,(H2,34,38). The highest BCUT2D eigenvalue weighted by Crippen LogP contribution is 2.43. The van der Waals surface area contributed by atoms with E-state index in [1.807, 2.05) is 24.3 Å². The number of halogens is 3. The zero-order chi connectivity index (χ0) is 29.0. The van der Waals surface area contributed by atoms with Crippen molar-refractivity contribution < 1.29 is 27.4 Å². The average Bonchev–Trinajstić information content (AvgIpc) is 3.28. The van der Waals surface area contributed by atoms with Crippen molar-refractivity contribution in [2.45, 2.75) is 45.5 Å². The molecule has 3 N–H and O–H groups in total. The number of rotatable bonds is 11. The molecule has 40 heavy (non-hydrogen) atoms. The van der Waals surface area contributed by atoms with Gasteiger partial charge in [0.05, 0.1) is 25.7 Å². The first-order valence-electron chi connectivity index (χ1n) is 12.9. The van der Waals surface area contributed by atoms with E-state index in [4.69, 9.17) is 15.2 Å². The molecule has 1 aromatic heterocycles. The second kappa shape index (κ2) is 12.0. The molecule has 0 saturated heterocycles. The van der Waals surface area contributed by atoms with Crippen LogP contribution in [0.2, 0.25) is 0 Å². The number of para-hydroxylation sites is 1. The van der Waals surface area contributed by atoms with Crippen LogP contribution in [0.15, 0.2) is 54.6 Å². The Balaban J connectivity index is 1.90. The summed E-state index contributed by atoms with van der Waals surface area (Å²) in [7, 11) is 2.96. The van der Waals surface area contributed by atoms with Gasteiger partial charge in [0.1, 0.15) is 22.6 Å². The van der Waals surface area contributed by atoms with Crippen molar-refractivity contribution in [2.75, 3.05) is 26.1 Å². The summed E-state index contributed by atoms with van der Waals surface area (Å²) in [4.78, 5) is 16.1. The lowest BCUT2D eigenvalue weighted by atomic mass is 10.0. The maximum atomic E-state index is 14.7. The number of benzene rings is 3. The van der Waals surface area contributed by atoms with Crippen LogP contribution in [0.4, 0.5) is 18.9 Å². The minimum atomic E-state index is -4.70. The third-order valence-corrected chi connectivity index (χ3v) is 6.77. The minimum Gasteiger partial charge on any atom is -0.494 e. The molecule has 10 heteroatoms. The molecule has 0 aliphatic carbocycles. The fourth-order valence-corrected chi connectivity index (χ4v) is 4.80. The number of imidazole rings is 1. The third-order valence-electron chi connectivity index (χ3n) is 6.77. The highest BCUT2D eigenvalue weighted by atomic mass is 19.4. The quantitative estimate of drug-likeness (QED) is 0.232. The van der Waals surface area contributed by atoms with E-state index in [-0.39, 0.29) is 48.5 Å². The van der Waals surface area contributed by atoms with Gasteiger partial charge in [-0.3, -0.25) is 4.79 Å². The van der Waals surface area contributed by atoms with Crippen molar-refractivity contribution >= 4 is 22.6 Å². The summed E-state index contributed by atoms with van der Waals surface area (Å²) in [5.74, 6) is 0.423. The lowest BCUT2D eigenvalue weighted by Gasteiger charge is -2.18. The lowest BCUT2D eigenvalue weighted by molar-refractivity contribution is -0.137.